The van der Waals surface area contributed by atoms with Gasteiger partial charge >= 0.3 is 0 Å². The number of nitrogens with one attached hydrogen (secondary N) is 1. The van der Waals surface area contributed by atoms with Crippen molar-refractivity contribution in [3.05, 3.63) is 51.0 Å². The number of hydrogen-bond donors (Lipinski definition) is 1. The number of ether oxygens (including phenoxy) is 2. The number of likely N-dealkylation sites (N-methyl/N-ethyl adjacent to an activating group) is 1. The second kappa shape index (κ2) is 8.31. The zero-order valence-electron chi connectivity index (χ0n) is 16.2. The summed E-state index contributed by atoms with van der Waals surface area (Å²) in [5.41, 5.74) is 5.32. The van der Waals surface area contributed by atoms with Crippen molar-refractivity contribution in [3.8, 4) is 11.5 Å². The van der Waals surface area contributed by atoms with Crippen molar-refractivity contribution in [1.82, 2.24) is 4.90 Å². The molecule has 1 N–H and O–H groups in total. The fourth-order valence-corrected chi connectivity index (χ4v) is 3.82. The van der Waals surface area contributed by atoms with Crippen LogP contribution in [-0.2, 0) is 11.3 Å². The van der Waals surface area contributed by atoms with Gasteiger partial charge in [-0.3, -0.25) is 9.69 Å². The number of fused-ring (bicyclic) bond motifs is 1. The normalized spacial score (nSPS) is 13.0. The lowest BCUT2D eigenvalue weighted by atomic mass is 10.1. The third-order valence-corrected chi connectivity index (χ3v) is 5.24. The Hall–Kier alpha value is -2.05. The molecule has 1 heterocycles. The van der Waals surface area contributed by atoms with Gasteiger partial charge in [0.2, 0.25) is 5.91 Å². The molecule has 0 radical (unpaired) electrons. The molecular weight excluding hydrogens is 408 g/mol. The molecule has 0 spiro atoms. The summed E-state index contributed by atoms with van der Waals surface area (Å²) in [5, 5.41) is 3.05. The van der Waals surface area contributed by atoms with Crippen LogP contribution in [0.3, 0.4) is 0 Å². The van der Waals surface area contributed by atoms with E-state index < -0.39 is 0 Å². The molecule has 0 aromatic heterocycles. The summed E-state index contributed by atoms with van der Waals surface area (Å²) in [7, 11) is 1.93. The molecule has 2 aromatic rings. The van der Waals surface area contributed by atoms with E-state index in [-0.39, 0.29) is 5.91 Å². The lowest BCUT2D eigenvalue weighted by molar-refractivity contribution is -0.117. The van der Waals surface area contributed by atoms with Gasteiger partial charge in [0.05, 0.1) is 6.54 Å². The van der Waals surface area contributed by atoms with E-state index in [0.717, 1.165) is 38.3 Å². The quantitative estimate of drug-likeness (QED) is 0.768. The molecule has 0 saturated carbocycles. The Balaban J connectivity index is 1.64. The number of nitrogens with zero attached hydrogens (tertiary/aromatic N) is 1. The van der Waals surface area contributed by atoms with E-state index >= 15 is 0 Å². The second-order valence-corrected chi connectivity index (χ2v) is 7.94. The van der Waals surface area contributed by atoms with Crippen molar-refractivity contribution < 1.29 is 14.3 Å². The van der Waals surface area contributed by atoms with E-state index in [1.165, 1.54) is 5.56 Å². The van der Waals surface area contributed by atoms with Crippen LogP contribution in [0.25, 0.3) is 0 Å². The number of aryl methyl sites for hydroxylation is 3. The highest BCUT2D eigenvalue weighted by molar-refractivity contribution is 9.10. The maximum atomic E-state index is 12.5. The Kier molecular flexibility index (Phi) is 6.07. The zero-order valence-corrected chi connectivity index (χ0v) is 17.8. The van der Waals surface area contributed by atoms with Gasteiger partial charge in [-0.25, -0.2) is 0 Å². The van der Waals surface area contributed by atoms with Gasteiger partial charge in [0.1, 0.15) is 13.2 Å². The van der Waals surface area contributed by atoms with Crippen LogP contribution in [0.2, 0.25) is 0 Å². The molecule has 0 saturated heterocycles. The molecule has 0 fully saturated rings. The number of carbonyl (C=O) groups excluding carboxylic acids is 1. The number of benzene rings is 2. The van der Waals surface area contributed by atoms with Crippen LogP contribution in [0, 0.1) is 20.8 Å². The SMILES string of the molecule is Cc1cc(C)c(NC(=O)CN(C)Cc2cc3c(cc2Br)OCCO3)c(C)c1. The highest BCUT2D eigenvalue weighted by atomic mass is 79.9. The molecule has 3 rings (SSSR count). The molecule has 6 heteroatoms. The van der Waals surface area contributed by atoms with Crippen molar-refractivity contribution in [1.29, 1.82) is 0 Å². The summed E-state index contributed by atoms with van der Waals surface area (Å²) in [5.74, 6) is 1.48. The van der Waals surface area contributed by atoms with Gasteiger partial charge in [-0.2, -0.15) is 0 Å². The fraction of sp³-hybridized carbons (Fsp3) is 0.381. The number of carbonyl (C=O) groups is 1. The molecule has 0 unspecified atom stereocenters. The van der Waals surface area contributed by atoms with Crippen LogP contribution in [0.5, 0.6) is 11.5 Å². The average molecular weight is 433 g/mol. The van der Waals surface area contributed by atoms with E-state index in [4.69, 9.17) is 9.47 Å². The molecule has 1 amide bonds. The Morgan fingerprint density at radius 1 is 1.07 bits per heavy atom. The Labute approximate surface area is 168 Å². The smallest absolute Gasteiger partial charge is 0.238 e. The van der Waals surface area contributed by atoms with E-state index in [9.17, 15) is 4.79 Å². The first-order valence-electron chi connectivity index (χ1n) is 8.97. The van der Waals surface area contributed by atoms with E-state index in [2.05, 4.69) is 40.3 Å². The number of rotatable bonds is 5. The summed E-state index contributed by atoms with van der Waals surface area (Å²) in [4.78, 5) is 14.5. The Morgan fingerprint density at radius 3 is 2.30 bits per heavy atom. The first-order chi connectivity index (χ1) is 12.8. The van der Waals surface area contributed by atoms with Crippen LogP contribution in [-0.4, -0.2) is 37.6 Å². The van der Waals surface area contributed by atoms with Gasteiger partial charge in [0.15, 0.2) is 11.5 Å². The van der Waals surface area contributed by atoms with Gasteiger partial charge < -0.3 is 14.8 Å². The largest absolute Gasteiger partial charge is 0.486 e. The lowest BCUT2D eigenvalue weighted by Gasteiger charge is -2.22. The topological polar surface area (TPSA) is 50.8 Å². The third kappa shape index (κ3) is 4.82. The maximum absolute atomic E-state index is 12.5. The van der Waals surface area contributed by atoms with Crippen LogP contribution < -0.4 is 14.8 Å². The minimum atomic E-state index is -0.0266. The number of amides is 1. The van der Waals surface area contributed by atoms with Crippen molar-refractivity contribution in [2.45, 2.75) is 27.3 Å². The molecule has 0 bridgehead atoms. The number of anilines is 1. The van der Waals surface area contributed by atoms with Crippen LogP contribution >= 0.6 is 15.9 Å². The minimum absolute atomic E-state index is 0.0266. The summed E-state index contributed by atoms with van der Waals surface area (Å²) in [6.45, 7) is 8.14. The van der Waals surface area contributed by atoms with Crippen LogP contribution in [0.1, 0.15) is 22.3 Å². The van der Waals surface area contributed by atoms with Gasteiger partial charge in [0, 0.05) is 16.7 Å². The van der Waals surface area contributed by atoms with Gasteiger partial charge in [0.25, 0.3) is 0 Å². The van der Waals surface area contributed by atoms with Gasteiger partial charge in [-0.15, -0.1) is 0 Å². The maximum Gasteiger partial charge on any atom is 0.238 e. The van der Waals surface area contributed by atoms with Crippen LogP contribution in [0.15, 0.2) is 28.7 Å². The highest BCUT2D eigenvalue weighted by Crippen LogP contribution is 2.35. The molecule has 2 aromatic carbocycles. The first kappa shape index (κ1) is 19.7. The van der Waals surface area contributed by atoms with Gasteiger partial charge in [-0.1, -0.05) is 33.6 Å². The molecule has 1 aliphatic heterocycles. The van der Waals surface area contributed by atoms with E-state index in [0.29, 0.717) is 26.3 Å². The molecule has 27 heavy (non-hydrogen) atoms. The fourth-order valence-electron chi connectivity index (χ4n) is 3.38. The third-order valence-electron chi connectivity index (χ3n) is 4.51. The summed E-state index contributed by atoms with van der Waals surface area (Å²) in [6, 6.07) is 8.06. The first-order valence-corrected chi connectivity index (χ1v) is 9.77. The lowest BCUT2D eigenvalue weighted by Crippen LogP contribution is -2.30. The summed E-state index contributed by atoms with van der Waals surface area (Å²) in [6.07, 6.45) is 0. The van der Waals surface area contributed by atoms with Crippen molar-refractivity contribution in [2.75, 3.05) is 32.1 Å². The standard InChI is InChI=1S/C21H25BrN2O3/c1-13-7-14(2)21(15(3)8-13)23-20(25)12-24(4)11-16-9-18-19(10-17(16)22)27-6-5-26-18/h7-10H,5-6,11-12H2,1-4H3,(H,23,25). The Bertz CT molecular complexity index is 844. The molecule has 5 nitrogen and oxygen atoms in total. The second-order valence-electron chi connectivity index (χ2n) is 7.08. The molecule has 144 valence electrons. The highest BCUT2D eigenvalue weighted by Gasteiger charge is 2.17. The predicted octanol–water partition coefficient (Wildman–Crippen LogP) is 4.22. The summed E-state index contributed by atoms with van der Waals surface area (Å²) < 4.78 is 12.2. The van der Waals surface area contributed by atoms with Crippen molar-refractivity contribution in [3.63, 3.8) is 0 Å². The van der Waals surface area contributed by atoms with Crippen molar-refractivity contribution in [2.24, 2.45) is 0 Å². The molecule has 0 aliphatic carbocycles. The van der Waals surface area contributed by atoms with E-state index in [1.807, 2.05) is 37.9 Å². The zero-order chi connectivity index (χ0) is 19.6. The molecular formula is C21H25BrN2O3. The van der Waals surface area contributed by atoms with E-state index in [1.54, 1.807) is 0 Å². The Morgan fingerprint density at radius 2 is 1.67 bits per heavy atom. The monoisotopic (exact) mass is 432 g/mol. The number of hydrogen-bond acceptors (Lipinski definition) is 4. The minimum Gasteiger partial charge on any atom is -0.486 e. The number of halogens is 1. The molecule has 1 aliphatic rings. The average Bonchev–Trinajstić information content (AvgIpc) is 2.58. The van der Waals surface area contributed by atoms with Gasteiger partial charge in [-0.05, 0) is 56.6 Å². The summed E-state index contributed by atoms with van der Waals surface area (Å²) >= 11 is 3.59. The molecule has 0 atom stereocenters. The van der Waals surface area contributed by atoms with Crippen LogP contribution in [0.4, 0.5) is 5.69 Å². The predicted molar refractivity (Wildman–Crippen MR) is 111 cm³/mol. The van der Waals surface area contributed by atoms with Crippen molar-refractivity contribution >= 4 is 27.5 Å².